The van der Waals surface area contributed by atoms with Crippen LogP contribution in [0.2, 0.25) is 5.02 Å². The van der Waals surface area contributed by atoms with Gasteiger partial charge in [0.25, 0.3) is 0 Å². The summed E-state index contributed by atoms with van der Waals surface area (Å²) in [6.45, 7) is 3.96. The molecule has 4 aliphatic rings. The van der Waals surface area contributed by atoms with E-state index in [1.54, 1.807) is 0 Å². The number of fused-ring (bicyclic) bond motifs is 3. The second kappa shape index (κ2) is 11.2. The minimum absolute atomic E-state index is 0.000931. The van der Waals surface area contributed by atoms with Crippen LogP contribution in [0, 0.1) is 28.4 Å². The van der Waals surface area contributed by atoms with Gasteiger partial charge in [0.1, 0.15) is 41.3 Å². The van der Waals surface area contributed by atoms with Crippen molar-refractivity contribution < 1.29 is 22.6 Å². The first-order chi connectivity index (χ1) is 22.6. The standard InChI is InChI=1S/C33H31ClF3N7O2S/c1-15(39)24-13-44(24)17-7-18(8-17)46-31-20-9-22(34)26(19-3-4-23(36)29-25(19)21(11-38)30(40)47-29)27(37)28(20)41-32(42-31)45-14-33-5-2-6-43(33)12-16(35)10-33/h3-4,9,16-18,24,39H,2,5-8,10,12-14,40H2,1H3/t16-,17?,18?,24+,33+,44?/m1/s1. The Morgan fingerprint density at radius 3 is 2.83 bits per heavy atom. The first-order valence-electron chi connectivity index (χ1n) is 15.7. The van der Waals surface area contributed by atoms with Gasteiger partial charge in [-0.25, -0.2) is 13.2 Å². The summed E-state index contributed by atoms with van der Waals surface area (Å²) in [7, 11) is 0. The van der Waals surface area contributed by atoms with E-state index in [0.29, 0.717) is 18.7 Å². The van der Waals surface area contributed by atoms with Crippen LogP contribution in [0.5, 0.6) is 11.9 Å². The van der Waals surface area contributed by atoms with E-state index < -0.39 is 23.3 Å². The molecule has 3 saturated heterocycles. The Kier molecular flexibility index (Phi) is 7.29. The van der Waals surface area contributed by atoms with E-state index >= 15 is 4.39 Å². The van der Waals surface area contributed by atoms with E-state index in [1.165, 1.54) is 18.2 Å². The van der Waals surface area contributed by atoms with Gasteiger partial charge in [0.05, 0.1) is 32.3 Å². The Bertz CT molecular complexity index is 2010. The van der Waals surface area contributed by atoms with Crippen LogP contribution in [0.15, 0.2) is 18.2 Å². The Morgan fingerprint density at radius 1 is 1.28 bits per heavy atom. The van der Waals surface area contributed by atoms with Crippen LogP contribution in [-0.4, -0.2) is 81.6 Å². The van der Waals surface area contributed by atoms with Crippen LogP contribution in [0.1, 0.15) is 44.6 Å². The fourth-order valence-corrected chi connectivity index (χ4v) is 8.95. The predicted octanol–water partition coefficient (Wildman–Crippen LogP) is 6.49. The molecule has 244 valence electrons. The zero-order valence-corrected chi connectivity index (χ0v) is 27.0. The van der Waals surface area contributed by atoms with Crippen molar-refractivity contribution in [3.05, 3.63) is 40.4 Å². The van der Waals surface area contributed by atoms with E-state index in [2.05, 4.69) is 19.8 Å². The third-order valence-electron chi connectivity index (χ3n) is 10.2. The summed E-state index contributed by atoms with van der Waals surface area (Å²) < 4.78 is 58.7. The number of benzene rings is 2. The highest BCUT2D eigenvalue weighted by atomic mass is 35.5. The van der Waals surface area contributed by atoms with Crippen molar-refractivity contribution >= 4 is 54.6 Å². The maximum absolute atomic E-state index is 16.8. The molecule has 2 aromatic heterocycles. The zero-order valence-electron chi connectivity index (χ0n) is 25.5. The summed E-state index contributed by atoms with van der Waals surface area (Å²) in [5.41, 5.74) is 6.28. The topological polar surface area (TPSA) is 124 Å². The minimum Gasteiger partial charge on any atom is -0.474 e. The predicted molar refractivity (Wildman–Crippen MR) is 174 cm³/mol. The number of ether oxygens (including phenoxy) is 2. The van der Waals surface area contributed by atoms with Gasteiger partial charge in [-0.05, 0) is 44.0 Å². The van der Waals surface area contributed by atoms with Gasteiger partial charge in [0.15, 0.2) is 5.82 Å². The second-order valence-corrected chi connectivity index (χ2v) is 14.6. The van der Waals surface area contributed by atoms with Gasteiger partial charge in [-0.15, -0.1) is 11.3 Å². The summed E-state index contributed by atoms with van der Waals surface area (Å²) in [6.07, 6.45) is 2.36. The molecule has 1 saturated carbocycles. The molecule has 8 rings (SSSR count). The lowest BCUT2D eigenvalue weighted by Crippen LogP contribution is -2.44. The molecule has 2 aromatic carbocycles. The maximum atomic E-state index is 16.8. The number of alkyl halides is 1. The molecular weight excluding hydrogens is 651 g/mol. The van der Waals surface area contributed by atoms with E-state index in [1.807, 2.05) is 13.0 Å². The highest BCUT2D eigenvalue weighted by Crippen LogP contribution is 2.47. The lowest BCUT2D eigenvalue weighted by atomic mass is 9.89. The molecule has 5 heterocycles. The third-order valence-corrected chi connectivity index (χ3v) is 11.6. The van der Waals surface area contributed by atoms with Gasteiger partial charge >= 0.3 is 6.01 Å². The molecule has 4 atom stereocenters. The molecule has 0 spiro atoms. The van der Waals surface area contributed by atoms with Crippen LogP contribution in [0.4, 0.5) is 18.2 Å². The first-order valence-corrected chi connectivity index (χ1v) is 16.9. The van der Waals surface area contributed by atoms with E-state index in [4.69, 9.17) is 32.2 Å². The molecule has 1 aliphatic carbocycles. The monoisotopic (exact) mass is 681 g/mol. The maximum Gasteiger partial charge on any atom is 0.320 e. The van der Waals surface area contributed by atoms with Crippen LogP contribution in [0.25, 0.3) is 32.1 Å². The second-order valence-electron chi connectivity index (χ2n) is 13.1. The van der Waals surface area contributed by atoms with E-state index in [9.17, 15) is 14.0 Å². The fraction of sp³-hybridized carbons (Fsp3) is 0.455. The number of halogens is 4. The summed E-state index contributed by atoms with van der Waals surface area (Å²) in [5, 5.41) is 18.3. The van der Waals surface area contributed by atoms with Crippen LogP contribution in [-0.2, 0) is 0 Å². The number of hydrogen-bond donors (Lipinski definition) is 2. The quantitative estimate of drug-likeness (QED) is 0.160. The molecule has 0 radical (unpaired) electrons. The van der Waals surface area contributed by atoms with Crippen molar-refractivity contribution in [3.63, 3.8) is 0 Å². The Hall–Kier alpha value is -3.70. The molecule has 0 bridgehead atoms. The minimum atomic E-state index is -0.945. The molecule has 1 unspecified atom stereocenters. The molecule has 14 heteroatoms. The summed E-state index contributed by atoms with van der Waals surface area (Å²) in [5.74, 6) is -1.28. The van der Waals surface area contributed by atoms with Crippen molar-refractivity contribution in [2.75, 3.05) is 32.0 Å². The Balaban J connectivity index is 1.19. The lowest BCUT2D eigenvalue weighted by molar-refractivity contribution is 0.0549. The van der Waals surface area contributed by atoms with Gasteiger partial charge in [-0.1, -0.05) is 17.7 Å². The third kappa shape index (κ3) is 4.99. The fourth-order valence-electron chi connectivity index (χ4n) is 7.71. The van der Waals surface area contributed by atoms with Gasteiger partial charge in [-0.2, -0.15) is 15.2 Å². The zero-order chi connectivity index (χ0) is 32.8. The van der Waals surface area contributed by atoms with Gasteiger partial charge in [0.2, 0.25) is 5.88 Å². The Labute approximate surface area is 277 Å². The molecule has 4 aromatic rings. The summed E-state index contributed by atoms with van der Waals surface area (Å²) >= 11 is 7.68. The number of nitrogens with one attached hydrogen (secondary N) is 1. The SMILES string of the molecule is CC(=N)[C@@H]1CN1C1CC(Oc2nc(OC[C@@]34CCCN3C[C@H](F)C4)nc3c(F)c(-c4ccc(F)c5sc(N)c(C#N)c45)c(Cl)cc23)C1. The normalized spacial score (nSPS) is 28.3. The van der Waals surface area contributed by atoms with Crippen LogP contribution in [0.3, 0.4) is 0 Å². The number of anilines is 1. The van der Waals surface area contributed by atoms with E-state index in [-0.39, 0.29) is 84.4 Å². The largest absolute Gasteiger partial charge is 0.474 e. The van der Waals surface area contributed by atoms with Gasteiger partial charge < -0.3 is 20.6 Å². The lowest BCUT2D eigenvalue weighted by Gasteiger charge is -2.36. The molecule has 9 nitrogen and oxygen atoms in total. The van der Waals surface area contributed by atoms with Crippen molar-refractivity contribution in [2.24, 2.45) is 0 Å². The first kappa shape index (κ1) is 30.6. The molecule has 3 aliphatic heterocycles. The summed E-state index contributed by atoms with van der Waals surface area (Å²) in [4.78, 5) is 13.4. The van der Waals surface area contributed by atoms with Crippen molar-refractivity contribution in [1.82, 2.24) is 19.8 Å². The highest BCUT2D eigenvalue weighted by Gasteiger charge is 2.50. The van der Waals surface area contributed by atoms with Crippen LogP contribution < -0.4 is 15.2 Å². The smallest absolute Gasteiger partial charge is 0.320 e. The number of nitriles is 1. The van der Waals surface area contributed by atoms with Crippen molar-refractivity contribution in [1.29, 1.82) is 10.7 Å². The van der Waals surface area contributed by atoms with E-state index in [0.717, 1.165) is 50.1 Å². The Morgan fingerprint density at radius 2 is 2.09 bits per heavy atom. The van der Waals surface area contributed by atoms with Crippen molar-refractivity contribution in [3.8, 4) is 29.1 Å². The number of hydrogen-bond acceptors (Lipinski definition) is 10. The molecule has 0 amide bonds. The number of thiophene rings is 1. The average molecular weight is 682 g/mol. The van der Waals surface area contributed by atoms with Crippen molar-refractivity contribution in [2.45, 2.75) is 68.9 Å². The summed E-state index contributed by atoms with van der Waals surface area (Å²) in [6, 6.07) is 6.47. The number of nitrogen functional groups attached to an aromatic ring is 1. The average Bonchev–Trinajstić information content (AvgIpc) is 3.45. The number of rotatable bonds is 8. The number of nitrogens with zero attached hydrogens (tertiary/aromatic N) is 5. The molecular formula is C33H31ClF3N7O2S. The van der Waals surface area contributed by atoms with Crippen LogP contribution >= 0.6 is 22.9 Å². The number of nitrogens with two attached hydrogens (primary N) is 1. The van der Waals surface area contributed by atoms with Gasteiger partial charge in [0, 0.05) is 55.1 Å². The number of aromatic nitrogens is 2. The highest BCUT2D eigenvalue weighted by molar-refractivity contribution is 7.23. The van der Waals surface area contributed by atoms with Gasteiger partial charge in [-0.3, -0.25) is 9.80 Å². The molecule has 4 fully saturated rings. The molecule has 47 heavy (non-hydrogen) atoms. The molecule has 3 N–H and O–H groups in total.